The minimum absolute atomic E-state index is 0.0342. The van der Waals surface area contributed by atoms with Crippen molar-refractivity contribution in [2.24, 2.45) is 0 Å². The Labute approximate surface area is 164 Å². The summed E-state index contributed by atoms with van der Waals surface area (Å²) in [6.45, 7) is 8.44. The second-order valence-electron chi connectivity index (χ2n) is 7.54. The van der Waals surface area contributed by atoms with Gasteiger partial charge in [0.25, 0.3) is 11.6 Å². The predicted molar refractivity (Wildman–Crippen MR) is 107 cm³/mol. The smallest absolute Gasteiger partial charge is 0.274 e. The van der Waals surface area contributed by atoms with Crippen LogP contribution in [0.15, 0.2) is 41.3 Å². The van der Waals surface area contributed by atoms with Gasteiger partial charge in [0.05, 0.1) is 9.82 Å². The molecule has 1 amide bonds. The van der Waals surface area contributed by atoms with Gasteiger partial charge in [0.1, 0.15) is 0 Å². The number of nitro groups is 1. The van der Waals surface area contributed by atoms with Crippen molar-refractivity contribution in [3.63, 3.8) is 0 Å². The number of carbonyl (C=O) groups excluding carboxylic acids is 1. The van der Waals surface area contributed by atoms with Crippen molar-refractivity contribution in [3.05, 3.63) is 63.2 Å². The molecule has 0 spiro atoms. The molecule has 2 N–H and O–H groups in total. The maximum atomic E-state index is 12.7. The monoisotopic (exact) mass is 405 g/mol. The molecule has 0 aliphatic heterocycles. The lowest BCUT2D eigenvalue weighted by atomic mass is 10.1. The highest BCUT2D eigenvalue weighted by Gasteiger charge is 2.23. The van der Waals surface area contributed by atoms with E-state index in [4.69, 9.17) is 0 Å². The van der Waals surface area contributed by atoms with Crippen LogP contribution in [0.1, 0.15) is 42.3 Å². The Morgan fingerprint density at radius 1 is 1.04 bits per heavy atom. The first-order valence-corrected chi connectivity index (χ1v) is 9.99. The summed E-state index contributed by atoms with van der Waals surface area (Å²) in [5.41, 5.74) is 0.685. The molecular formula is C19H23N3O5S. The van der Waals surface area contributed by atoms with Crippen molar-refractivity contribution in [1.29, 1.82) is 0 Å². The molecule has 0 bridgehead atoms. The van der Waals surface area contributed by atoms with Gasteiger partial charge in [0.15, 0.2) is 0 Å². The van der Waals surface area contributed by atoms with Crippen LogP contribution >= 0.6 is 0 Å². The number of benzene rings is 2. The molecule has 2 rings (SSSR count). The van der Waals surface area contributed by atoms with Crippen molar-refractivity contribution in [2.75, 3.05) is 5.32 Å². The van der Waals surface area contributed by atoms with Gasteiger partial charge in [-0.05, 0) is 58.4 Å². The topological polar surface area (TPSA) is 118 Å². The maximum absolute atomic E-state index is 12.7. The highest BCUT2D eigenvalue weighted by Crippen LogP contribution is 2.24. The lowest BCUT2D eigenvalue weighted by molar-refractivity contribution is -0.385. The van der Waals surface area contributed by atoms with Crippen LogP contribution in [-0.2, 0) is 10.0 Å². The molecule has 0 fully saturated rings. The maximum Gasteiger partial charge on any atom is 0.274 e. The van der Waals surface area contributed by atoms with E-state index in [1.807, 2.05) is 0 Å². The molecule has 150 valence electrons. The Balaban J connectivity index is 2.37. The number of rotatable bonds is 5. The van der Waals surface area contributed by atoms with Crippen LogP contribution in [0.2, 0.25) is 0 Å². The summed E-state index contributed by atoms with van der Waals surface area (Å²) in [6.07, 6.45) is 0. The van der Waals surface area contributed by atoms with Crippen LogP contribution in [0.5, 0.6) is 0 Å². The Kier molecular flexibility index (Phi) is 5.91. The molecule has 0 aromatic heterocycles. The zero-order valence-electron chi connectivity index (χ0n) is 16.4. The number of anilines is 1. The number of aryl methyl sites for hydroxylation is 2. The standard InChI is InChI=1S/C19H23N3O5S/c1-12-7-9-15(28(26,27)21-19(3,4)5)11-16(12)18(23)20-14-8-6-13(2)17(10-14)22(24)25/h6-11,21H,1-5H3,(H,20,23). The predicted octanol–water partition coefficient (Wildman–Crippen LogP) is 3.54. The van der Waals surface area contributed by atoms with E-state index in [2.05, 4.69) is 10.0 Å². The molecule has 0 radical (unpaired) electrons. The molecule has 9 heteroatoms. The number of nitro benzene ring substituents is 1. The van der Waals surface area contributed by atoms with Gasteiger partial charge in [-0.15, -0.1) is 0 Å². The molecule has 0 saturated heterocycles. The molecule has 0 aliphatic rings. The van der Waals surface area contributed by atoms with E-state index in [1.165, 1.54) is 24.3 Å². The molecule has 2 aromatic carbocycles. The lowest BCUT2D eigenvalue weighted by Gasteiger charge is -2.20. The first-order valence-electron chi connectivity index (χ1n) is 8.51. The van der Waals surface area contributed by atoms with E-state index in [1.54, 1.807) is 46.8 Å². The number of nitrogens with zero attached hydrogens (tertiary/aromatic N) is 1. The van der Waals surface area contributed by atoms with Gasteiger partial charge in [0.2, 0.25) is 10.0 Å². The average Bonchev–Trinajstić information content (AvgIpc) is 2.54. The van der Waals surface area contributed by atoms with E-state index in [0.717, 1.165) is 0 Å². The zero-order chi connectivity index (χ0) is 21.3. The summed E-state index contributed by atoms with van der Waals surface area (Å²) in [5.74, 6) is -0.552. The van der Waals surface area contributed by atoms with Crippen LogP contribution in [0.4, 0.5) is 11.4 Å². The highest BCUT2D eigenvalue weighted by molar-refractivity contribution is 7.89. The zero-order valence-corrected chi connectivity index (χ0v) is 17.2. The van der Waals surface area contributed by atoms with E-state index < -0.39 is 26.4 Å². The first kappa shape index (κ1) is 21.5. The quantitative estimate of drug-likeness (QED) is 0.582. The third kappa shape index (κ3) is 5.14. The minimum atomic E-state index is -3.81. The van der Waals surface area contributed by atoms with Crippen molar-refractivity contribution in [3.8, 4) is 0 Å². The van der Waals surface area contributed by atoms with Gasteiger partial charge >= 0.3 is 0 Å². The van der Waals surface area contributed by atoms with Crippen LogP contribution in [-0.4, -0.2) is 24.8 Å². The van der Waals surface area contributed by atoms with Gasteiger partial charge in [0, 0.05) is 28.4 Å². The fraction of sp³-hybridized carbons (Fsp3) is 0.316. The third-order valence-electron chi connectivity index (χ3n) is 3.87. The van der Waals surface area contributed by atoms with Crippen LogP contribution in [0.25, 0.3) is 0 Å². The van der Waals surface area contributed by atoms with Crippen LogP contribution in [0.3, 0.4) is 0 Å². The molecule has 8 nitrogen and oxygen atoms in total. The molecule has 0 saturated carbocycles. The summed E-state index contributed by atoms with van der Waals surface area (Å²) < 4.78 is 27.6. The fourth-order valence-corrected chi connectivity index (χ4v) is 4.00. The van der Waals surface area contributed by atoms with Gasteiger partial charge in [-0.2, -0.15) is 0 Å². The number of sulfonamides is 1. The Hall–Kier alpha value is -2.78. The SMILES string of the molecule is Cc1ccc(S(=O)(=O)NC(C)(C)C)cc1C(=O)Nc1ccc(C)c([N+](=O)[O-])c1. The van der Waals surface area contributed by atoms with E-state index >= 15 is 0 Å². The fourth-order valence-electron chi connectivity index (χ4n) is 2.56. The van der Waals surface area contributed by atoms with Crippen molar-refractivity contribution in [2.45, 2.75) is 45.1 Å². The van der Waals surface area contributed by atoms with Gasteiger partial charge < -0.3 is 5.32 Å². The molecule has 0 heterocycles. The molecule has 0 unspecified atom stereocenters. The molecule has 28 heavy (non-hydrogen) atoms. The van der Waals surface area contributed by atoms with E-state index in [0.29, 0.717) is 11.1 Å². The minimum Gasteiger partial charge on any atom is -0.322 e. The number of hydrogen-bond acceptors (Lipinski definition) is 5. The van der Waals surface area contributed by atoms with Crippen molar-refractivity contribution >= 4 is 27.3 Å². The Bertz CT molecular complexity index is 1040. The van der Waals surface area contributed by atoms with Gasteiger partial charge in [-0.25, -0.2) is 13.1 Å². The molecule has 0 aliphatic carbocycles. The first-order chi connectivity index (χ1) is 12.8. The van der Waals surface area contributed by atoms with Crippen LogP contribution in [0, 0.1) is 24.0 Å². The second-order valence-corrected chi connectivity index (χ2v) is 9.23. The summed E-state index contributed by atoms with van der Waals surface area (Å²) in [5, 5.41) is 13.7. The molecular weight excluding hydrogens is 382 g/mol. The van der Waals surface area contributed by atoms with Gasteiger partial charge in [-0.1, -0.05) is 12.1 Å². The molecule has 0 atom stereocenters. The normalized spacial score (nSPS) is 11.9. The lowest BCUT2D eigenvalue weighted by Crippen LogP contribution is -2.40. The summed E-state index contributed by atoms with van der Waals surface area (Å²) in [7, 11) is -3.81. The van der Waals surface area contributed by atoms with Gasteiger partial charge in [-0.3, -0.25) is 14.9 Å². The summed E-state index contributed by atoms with van der Waals surface area (Å²) >= 11 is 0. The number of hydrogen-bond donors (Lipinski definition) is 2. The van der Waals surface area contributed by atoms with E-state index in [-0.39, 0.29) is 21.8 Å². The summed E-state index contributed by atoms with van der Waals surface area (Å²) in [6, 6.07) is 8.62. The Morgan fingerprint density at radius 2 is 1.64 bits per heavy atom. The average molecular weight is 405 g/mol. The van der Waals surface area contributed by atoms with E-state index in [9.17, 15) is 23.3 Å². The summed E-state index contributed by atoms with van der Waals surface area (Å²) in [4.78, 5) is 23.2. The van der Waals surface area contributed by atoms with Crippen LogP contribution < -0.4 is 10.0 Å². The molecule has 2 aromatic rings. The van der Waals surface area contributed by atoms with Crippen molar-refractivity contribution in [1.82, 2.24) is 4.72 Å². The number of carbonyl (C=O) groups is 1. The van der Waals surface area contributed by atoms with Crippen molar-refractivity contribution < 1.29 is 18.1 Å². The second kappa shape index (κ2) is 7.69. The number of nitrogens with one attached hydrogen (secondary N) is 2. The largest absolute Gasteiger partial charge is 0.322 e. The Morgan fingerprint density at radius 3 is 2.21 bits per heavy atom. The third-order valence-corrected chi connectivity index (χ3v) is 5.62. The number of amides is 1. The highest BCUT2D eigenvalue weighted by atomic mass is 32.2.